The van der Waals surface area contributed by atoms with E-state index in [1.165, 1.54) is 6.42 Å². The summed E-state index contributed by atoms with van der Waals surface area (Å²) in [6.45, 7) is 9.81. The second-order valence-corrected chi connectivity index (χ2v) is 7.61. The van der Waals surface area contributed by atoms with Gasteiger partial charge in [-0.05, 0) is 57.2 Å². The van der Waals surface area contributed by atoms with Crippen molar-refractivity contribution in [2.75, 3.05) is 6.54 Å². The topological polar surface area (TPSA) is 12.0 Å². The molecular weight excluding hydrogens is 277 g/mol. The van der Waals surface area contributed by atoms with Crippen LogP contribution in [0.3, 0.4) is 0 Å². The fraction of sp³-hybridized carbons (Fsp3) is 0.625. The fourth-order valence-electron chi connectivity index (χ4n) is 2.90. The normalized spacial score (nSPS) is 27.2. The van der Waals surface area contributed by atoms with Crippen molar-refractivity contribution >= 4 is 23.2 Å². The van der Waals surface area contributed by atoms with Gasteiger partial charge < -0.3 is 5.32 Å². The first-order chi connectivity index (χ1) is 8.76. The molecule has 0 saturated heterocycles. The van der Waals surface area contributed by atoms with Gasteiger partial charge in [-0.25, -0.2) is 0 Å². The number of hydrogen-bond donors (Lipinski definition) is 1. The van der Waals surface area contributed by atoms with Crippen molar-refractivity contribution in [3.8, 4) is 0 Å². The van der Waals surface area contributed by atoms with Crippen molar-refractivity contribution in [2.24, 2.45) is 5.92 Å². The van der Waals surface area contributed by atoms with Crippen LogP contribution < -0.4 is 5.32 Å². The number of nitrogens with one attached hydrogen (secondary N) is 1. The highest BCUT2D eigenvalue weighted by molar-refractivity contribution is 6.36. The molecule has 1 aromatic rings. The molecule has 1 N–H and O–H groups in total. The van der Waals surface area contributed by atoms with Gasteiger partial charge in [0.2, 0.25) is 0 Å². The van der Waals surface area contributed by atoms with Gasteiger partial charge in [0.25, 0.3) is 0 Å². The Labute approximate surface area is 126 Å². The van der Waals surface area contributed by atoms with Crippen LogP contribution in [0.4, 0.5) is 0 Å². The monoisotopic (exact) mass is 299 g/mol. The van der Waals surface area contributed by atoms with Crippen molar-refractivity contribution in [3.63, 3.8) is 0 Å². The zero-order valence-corrected chi connectivity index (χ0v) is 13.7. The highest BCUT2D eigenvalue weighted by Gasteiger charge is 2.47. The smallest absolute Gasteiger partial charge is 0.0459 e. The highest BCUT2D eigenvalue weighted by atomic mass is 35.5. The maximum absolute atomic E-state index is 6.43. The average Bonchev–Trinajstić information content (AvgIpc) is 2.29. The molecule has 2 rings (SSSR count). The molecule has 0 spiro atoms. The van der Waals surface area contributed by atoms with Crippen LogP contribution in [0.5, 0.6) is 0 Å². The first kappa shape index (κ1) is 15.2. The van der Waals surface area contributed by atoms with Gasteiger partial charge >= 0.3 is 0 Å². The van der Waals surface area contributed by atoms with Crippen LogP contribution in [0.2, 0.25) is 10.0 Å². The van der Waals surface area contributed by atoms with Crippen LogP contribution in [-0.4, -0.2) is 12.1 Å². The molecule has 0 radical (unpaired) electrons. The molecule has 0 amide bonds. The summed E-state index contributed by atoms with van der Waals surface area (Å²) < 4.78 is 0. The van der Waals surface area contributed by atoms with Gasteiger partial charge in [0.05, 0.1) is 0 Å². The second-order valence-electron chi connectivity index (χ2n) is 6.80. The quantitative estimate of drug-likeness (QED) is 0.823. The minimum Gasteiger partial charge on any atom is -0.311 e. The van der Waals surface area contributed by atoms with E-state index in [4.69, 9.17) is 23.2 Å². The highest BCUT2D eigenvalue weighted by Crippen LogP contribution is 2.52. The molecule has 1 aliphatic rings. The van der Waals surface area contributed by atoms with E-state index in [0.717, 1.165) is 28.6 Å². The molecule has 1 aromatic carbocycles. The third-order valence-corrected chi connectivity index (χ3v) is 4.99. The van der Waals surface area contributed by atoms with Crippen molar-refractivity contribution in [3.05, 3.63) is 33.8 Å². The molecule has 106 valence electrons. The molecule has 0 bridgehead atoms. The molecule has 19 heavy (non-hydrogen) atoms. The number of rotatable bonds is 3. The Hall–Kier alpha value is -0.240. The summed E-state index contributed by atoms with van der Waals surface area (Å²) in [4.78, 5) is 0. The van der Waals surface area contributed by atoms with Gasteiger partial charge in [-0.1, -0.05) is 36.2 Å². The first-order valence-corrected chi connectivity index (χ1v) is 7.71. The Morgan fingerprint density at radius 3 is 2.21 bits per heavy atom. The van der Waals surface area contributed by atoms with Gasteiger partial charge in [0, 0.05) is 27.5 Å². The third kappa shape index (κ3) is 2.94. The second kappa shape index (κ2) is 5.27. The van der Waals surface area contributed by atoms with Crippen molar-refractivity contribution in [1.29, 1.82) is 0 Å². The summed E-state index contributed by atoms with van der Waals surface area (Å²) in [6, 6.07) is 5.82. The Morgan fingerprint density at radius 2 is 1.84 bits per heavy atom. The summed E-state index contributed by atoms with van der Waals surface area (Å²) in [5.41, 5.74) is 1.33. The summed E-state index contributed by atoms with van der Waals surface area (Å²) in [5, 5.41) is 5.23. The molecular formula is C16H23Cl2N. The Balaban J connectivity index is 2.35. The van der Waals surface area contributed by atoms with Crippen LogP contribution in [0.25, 0.3) is 0 Å². The standard InChI is InChI=1S/C16H23Cl2N/c1-11-8-9-16(11,10-19-15(2,3)4)14-12(17)6-5-7-13(14)18/h5-7,11,19H,8-10H2,1-4H3. The van der Waals surface area contributed by atoms with Gasteiger partial charge in [0.15, 0.2) is 0 Å². The predicted octanol–water partition coefficient (Wildman–Crippen LogP) is 5.05. The maximum atomic E-state index is 6.43. The lowest BCUT2D eigenvalue weighted by molar-refractivity contribution is 0.124. The van der Waals surface area contributed by atoms with Crippen LogP contribution >= 0.6 is 23.2 Å². The first-order valence-electron chi connectivity index (χ1n) is 6.96. The zero-order valence-electron chi connectivity index (χ0n) is 12.2. The molecule has 2 atom stereocenters. The van der Waals surface area contributed by atoms with Crippen molar-refractivity contribution in [1.82, 2.24) is 5.32 Å². The summed E-state index contributed by atoms with van der Waals surface area (Å²) in [5.74, 6) is 0.611. The van der Waals surface area contributed by atoms with E-state index >= 15 is 0 Å². The van der Waals surface area contributed by atoms with E-state index < -0.39 is 0 Å². The van der Waals surface area contributed by atoms with E-state index in [2.05, 4.69) is 33.0 Å². The van der Waals surface area contributed by atoms with Crippen molar-refractivity contribution < 1.29 is 0 Å². The van der Waals surface area contributed by atoms with Crippen LogP contribution in [0.1, 0.15) is 46.1 Å². The maximum Gasteiger partial charge on any atom is 0.0459 e. The number of hydrogen-bond acceptors (Lipinski definition) is 1. The number of halogens is 2. The van der Waals surface area contributed by atoms with E-state index in [1.54, 1.807) is 0 Å². The average molecular weight is 300 g/mol. The Kier molecular flexibility index (Phi) is 4.21. The summed E-state index contributed by atoms with van der Waals surface area (Å²) in [6.07, 6.45) is 2.40. The molecule has 1 aliphatic carbocycles. The van der Waals surface area contributed by atoms with Gasteiger partial charge in [-0.2, -0.15) is 0 Å². The predicted molar refractivity (Wildman–Crippen MR) is 84.3 cm³/mol. The van der Waals surface area contributed by atoms with Crippen molar-refractivity contribution in [2.45, 2.75) is 51.5 Å². The SMILES string of the molecule is CC1CCC1(CNC(C)(C)C)c1c(Cl)cccc1Cl. The third-order valence-electron chi connectivity index (χ3n) is 4.36. The van der Waals surface area contributed by atoms with Gasteiger partial charge in [-0.15, -0.1) is 0 Å². The molecule has 0 aliphatic heterocycles. The van der Waals surface area contributed by atoms with E-state index in [9.17, 15) is 0 Å². The fourth-order valence-corrected chi connectivity index (χ4v) is 3.67. The lowest BCUT2D eigenvalue weighted by Gasteiger charge is -2.50. The molecule has 1 saturated carbocycles. The van der Waals surface area contributed by atoms with Gasteiger partial charge in [0.1, 0.15) is 0 Å². The van der Waals surface area contributed by atoms with Crippen LogP contribution in [-0.2, 0) is 5.41 Å². The largest absolute Gasteiger partial charge is 0.311 e. The van der Waals surface area contributed by atoms with E-state index in [1.807, 2.05) is 18.2 Å². The van der Waals surface area contributed by atoms with E-state index in [0.29, 0.717) is 5.92 Å². The van der Waals surface area contributed by atoms with Crippen LogP contribution in [0, 0.1) is 5.92 Å². The molecule has 0 aromatic heterocycles. The lowest BCUT2D eigenvalue weighted by Crippen LogP contribution is -2.54. The molecule has 1 nitrogen and oxygen atoms in total. The lowest BCUT2D eigenvalue weighted by atomic mass is 9.57. The Morgan fingerprint density at radius 1 is 1.26 bits per heavy atom. The minimum atomic E-state index is 0.0860. The van der Waals surface area contributed by atoms with E-state index in [-0.39, 0.29) is 11.0 Å². The molecule has 1 fully saturated rings. The summed E-state index contributed by atoms with van der Waals surface area (Å²) >= 11 is 12.9. The molecule has 0 heterocycles. The molecule has 2 unspecified atom stereocenters. The Bertz CT molecular complexity index is 444. The van der Waals surface area contributed by atoms with Crippen LogP contribution in [0.15, 0.2) is 18.2 Å². The molecule has 3 heteroatoms. The minimum absolute atomic E-state index is 0.0860. The summed E-state index contributed by atoms with van der Waals surface area (Å²) in [7, 11) is 0. The zero-order chi connectivity index (χ0) is 14.3. The number of benzene rings is 1. The van der Waals surface area contributed by atoms with Gasteiger partial charge in [-0.3, -0.25) is 0 Å².